The Morgan fingerprint density at radius 1 is 1.35 bits per heavy atom. The quantitative estimate of drug-likeness (QED) is 0.873. The highest BCUT2D eigenvalue weighted by Crippen LogP contribution is 2.16. The predicted molar refractivity (Wildman–Crippen MR) is 68.6 cm³/mol. The van der Waals surface area contributed by atoms with Crippen LogP contribution in [0.2, 0.25) is 0 Å². The molecule has 17 heavy (non-hydrogen) atoms. The van der Waals surface area contributed by atoms with Crippen molar-refractivity contribution in [3.63, 3.8) is 0 Å². The summed E-state index contributed by atoms with van der Waals surface area (Å²) in [5.41, 5.74) is 1.85. The second-order valence-corrected chi connectivity index (χ2v) is 4.46. The number of carbonyl (C=O) groups excluding carboxylic acids is 1. The summed E-state index contributed by atoms with van der Waals surface area (Å²) in [7, 11) is 1.74. The summed E-state index contributed by atoms with van der Waals surface area (Å²) in [5.74, 6) is -0.241. The Bertz CT molecular complexity index is 538. The highest BCUT2D eigenvalue weighted by atomic mass is 32.1. The maximum atomic E-state index is 11.8. The number of amides is 1. The van der Waals surface area contributed by atoms with Crippen LogP contribution < -0.4 is 10.6 Å². The zero-order valence-electron chi connectivity index (χ0n) is 9.52. The maximum absolute atomic E-state index is 11.8. The number of aromatic nitrogens is 2. The molecule has 1 aromatic carbocycles. The molecule has 6 heteroatoms. The van der Waals surface area contributed by atoms with Crippen molar-refractivity contribution in [1.82, 2.24) is 10.2 Å². The minimum Gasteiger partial charge on any atom is -0.363 e. The molecule has 0 aliphatic carbocycles. The van der Waals surface area contributed by atoms with Crippen molar-refractivity contribution < 1.29 is 4.79 Å². The number of aryl methyl sites for hydroxylation is 1. The lowest BCUT2D eigenvalue weighted by atomic mass is 10.2. The van der Waals surface area contributed by atoms with Crippen LogP contribution in [0.1, 0.15) is 15.4 Å². The van der Waals surface area contributed by atoms with Crippen LogP contribution in [-0.2, 0) is 0 Å². The summed E-state index contributed by atoms with van der Waals surface area (Å²) >= 11 is 1.22. The third kappa shape index (κ3) is 2.79. The van der Waals surface area contributed by atoms with E-state index in [1.165, 1.54) is 11.3 Å². The van der Waals surface area contributed by atoms with Gasteiger partial charge in [-0.25, -0.2) is 0 Å². The van der Waals surface area contributed by atoms with Gasteiger partial charge in [-0.1, -0.05) is 23.5 Å². The smallest absolute Gasteiger partial charge is 0.286 e. The summed E-state index contributed by atoms with van der Waals surface area (Å²) in [6.07, 6.45) is 0. The molecule has 0 saturated carbocycles. The monoisotopic (exact) mass is 248 g/mol. The molecule has 1 aromatic heterocycles. The van der Waals surface area contributed by atoms with Gasteiger partial charge in [-0.15, -0.1) is 10.2 Å². The third-order valence-corrected chi connectivity index (χ3v) is 3.05. The molecule has 0 spiro atoms. The van der Waals surface area contributed by atoms with Crippen molar-refractivity contribution in [2.24, 2.45) is 0 Å². The molecule has 5 nitrogen and oxygen atoms in total. The molecule has 88 valence electrons. The normalized spacial score (nSPS) is 10.0. The van der Waals surface area contributed by atoms with Crippen LogP contribution >= 0.6 is 11.3 Å². The number of nitrogens with one attached hydrogen (secondary N) is 2. The van der Waals surface area contributed by atoms with Crippen molar-refractivity contribution in [1.29, 1.82) is 0 Å². The molecule has 0 atom stereocenters. The fourth-order valence-corrected chi connectivity index (χ4v) is 1.92. The molecule has 0 unspecified atom stereocenters. The van der Waals surface area contributed by atoms with Gasteiger partial charge in [0.2, 0.25) is 10.1 Å². The van der Waals surface area contributed by atoms with Crippen molar-refractivity contribution in [2.75, 3.05) is 17.7 Å². The molecular formula is C11H12N4OS. The van der Waals surface area contributed by atoms with E-state index in [1.807, 2.05) is 31.2 Å². The Morgan fingerprint density at radius 3 is 2.82 bits per heavy atom. The van der Waals surface area contributed by atoms with Gasteiger partial charge in [-0.2, -0.15) is 0 Å². The minimum atomic E-state index is -0.241. The van der Waals surface area contributed by atoms with Crippen LogP contribution in [0.3, 0.4) is 0 Å². The number of rotatable bonds is 3. The van der Waals surface area contributed by atoms with Gasteiger partial charge in [0.1, 0.15) is 0 Å². The van der Waals surface area contributed by atoms with Gasteiger partial charge in [-0.3, -0.25) is 4.79 Å². The van der Waals surface area contributed by atoms with Gasteiger partial charge in [-0.05, 0) is 24.6 Å². The van der Waals surface area contributed by atoms with E-state index in [0.717, 1.165) is 11.3 Å². The second kappa shape index (κ2) is 4.92. The second-order valence-electron chi connectivity index (χ2n) is 3.49. The van der Waals surface area contributed by atoms with Crippen molar-refractivity contribution in [3.05, 3.63) is 34.8 Å². The third-order valence-electron chi connectivity index (χ3n) is 2.11. The van der Waals surface area contributed by atoms with E-state index in [1.54, 1.807) is 7.05 Å². The summed E-state index contributed by atoms with van der Waals surface area (Å²) in [6.45, 7) is 1.97. The number of hydrogen-bond donors (Lipinski definition) is 2. The van der Waals surface area contributed by atoms with Crippen LogP contribution in [0.15, 0.2) is 24.3 Å². The predicted octanol–water partition coefficient (Wildman–Crippen LogP) is 2.14. The molecule has 2 N–H and O–H groups in total. The number of hydrogen-bond acceptors (Lipinski definition) is 5. The Labute approximate surface area is 103 Å². The lowest BCUT2D eigenvalue weighted by molar-refractivity contribution is 0.102. The molecule has 0 aliphatic rings. The van der Waals surface area contributed by atoms with Gasteiger partial charge < -0.3 is 10.6 Å². The van der Waals surface area contributed by atoms with Crippen molar-refractivity contribution in [3.8, 4) is 0 Å². The minimum absolute atomic E-state index is 0.241. The summed E-state index contributed by atoms with van der Waals surface area (Å²) in [6, 6.07) is 7.60. The zero-order chi connectivity index (χ0) is 12.3. The van der Waals surface area contributed by atoms with Crippen LogP contribution in [0.5, 0.6) is 0 Å². The van der Waals surface area contributed by atoms with E-state index in [4.69, 9.17) is 0 Å². The van der Waals surface area contributed by atoms with Crippen molar-refractivity contribution in [2.45, 2.75) is 6.92 Å². The average molecular weight is 248 g/mol. The average Bonchev–Trinajstić information content (AvgIpc) is 2.77. The van der Waals surface area contributed by atoms with E-state index in [9.17, 15) is 4.79 Å². The van der Waals surface area contributed by atoms with Gasteiger partial charge in [0.15, 0.2) is 0 Å². The van der Waals surface area contributed by atoms with Gasteiger partial charge >= 0.3 is 0 Å². The van der Waals surface area contributed by atoms with E-state index >= 15 is 0 Å². The SMILES string of the molecule is CNc1nnc(C(=O)Nc2cccc(C)c2)s1. The number of nitrogens with zero attached hydrogens (tertiary/aromatic N) is 2. The first-order chi connectivity index (χ1) is 8.19. The lowest BCUT2D eigenvalue weighted by Crippen LogP contribution is -2.11. The molecule has 2 rings (SSSR count). The zero-order valence-corrected chi connectivity index (χ0v) is 10.3. The molecule has 0 bridgehead atoms. The number of anilines is 2. The first-order valence-electron chi connectivity index (χ1n) is 5.08. The summed E-state index contributed by atoms with van der Waals surface area (Å²) in [5, 5.41) is 14.2. The number of benzene rings is 1. The standard InChI is InChI=1S/C11H12N4OS/c1-7-4-3-5-8(6-7)13-9(16)10-14-15-11(12-2)17-10/h3-6H,1-2H3,(H,12,15)(H,13,16). The van der Waals surface area contributed by atoms with E-state index in [0.29, 0.717) is 10.1 Å². The van der Waals surface area contributed by atoms with E-state index in [2.05, 4.69) is 20.8 Å². The molecule has 1 amide bonds. The highest BCUT2D eigenvalue weighted by molar-refractivity contribution is 7.17. The van der Waals surface area contributed by atoms with Crippen molar-refractivity contribution >= 4 is 28.1 Å². The summed E-state index contributed by atoms with van der Waals surface area (Å²) < 4.78 is 0. The van der Waals surface area contributed by atoms with Crippen LogP contribution in [0.25, 0.3) is 0 Å². The first-order valence-corrected chi connectivity index (χ1v) is 5.90. The fraction of sp³-hybridized carbons (Fsp3) is 0.182. The summed E-state index contributed by atoms with van der Waals surface area (Å²) in [4.78, 5) is 11.8. The van der Waals surface area contributed by atoms with E-state index in [-0.39, 0.29) is 5.91 Å². The first kappa shape index (κ1) is 11.5. The molecule has 2 aromatic rings. The molecule has 0 saturated heterocycles. The Morgan fingerprint density at radius 2 is 2.18 bits per heavy atom. The van der Waals surface area contributed by atoms with Crippen LogP contribution in [0, 0.1) is 6.92 Å². The molecule has 1 heterocycles. The maximum Gasteiger partial charge on any atom is 0.286 e. The van der Waals surface area contributed by atoms with Gasteiger partial charge in [0.25, 0.3) is 5.91 Å². The van der Waals surface area contributed by atoms with Gasteiger partial charge in [0, 0.05) is 12.7 Å². The topological polar surface area (TPSA) is 66.9 Å². The van der Waals surface area contributed by atoms with Gasteiger partial charge in [0.05, 0.1) is 0 Å². The van der Waals surface area contributed by atoms with E-state index < -0.39 is 0 Å². The molecule has 0 aliphatic heterocycles. The molecular weight excluding hydrogens is 236 g/mol. The lowest BCUT2D eigenvalue weighted by Gasteiger charge is -2.02. The molecule has 0 fully saturated rings. The fourth-order valence-electron chi connectivity index (χ4n) is 1.32. The Kier molecular flexibility index (Phi) is 3.34. The van der Waals surface area contributed by atoms with Crippen LogP contribution in [-0.4, -0.2) is 23.2 Å². The Hall–Kier alpha value is -1.95. The molecule has 0 radical (unpaired) electrons. The van der Waals surface area contributed by atoms with Crippen LogP contribution in [0.4, 0.5) is 10.8 Å². The largest absolute Gasteiger partial charge is 0.363 e. The highest BCUT2D eigenvalue weighted by Gasteiger charge is 2.12. The number of carbonyl (C=O) groups is 1. The Balaban J connectivity index is 2.11.